The van der Waals surface area contributed by atoms with Crippen molar-refractivity contribution in [2.45, 2.75) is 6.42 Å². The molecule has 0 N–H and O–H groups in total. The fourth-order valence-electron chi connectivity index (χ4n) is 1.43. The summed E-state index contributed by atoms with van der Waals surface area (Å²) in [5.74, 6) is -0.179. The van der Waals surface area contributed by atoms with Crippen molar-refractivity contribution < 1.29 is 4.39 Å². The predicted molar refractivity (Wildman–Crippen MR) is 70.1 cm³/mol. The second kappa shape index (κ2) is 7.26. The normalized spacial score (nSPS) is 8.81. The molecule has 0 aliphatic carbocycles. The molecule has 16 heavy (non-hydrogen) atoms. The summed E-state index contributed by atoms with van der Waals surface area (Å²) in [5, 5.41) is 0. The molecule has 0 amide bonds. The van der Waals surface area contributed by atoms with Gasteiger partial charge >= 0.3 is 0 Å². The van der Waals surface area contributed by atoms with Gasteiger partial charge in [-0.2, -0.15) is 0 Å². The van der Waals surface area contributed by atoms with Crippen LogP contribution in [0.3, 0.4) is 0 Å². The van der Waals surface area contributed by atoms with Gasteiger partial charge in [-0.05, 0) is 29.7 Å². The summed E-state index contributed by atoms with van der Waals surface area (Å²) in [5.41, 5.74) is 2.39. The lowest BCUT2D eigenvalue weighted by Gasteiger charge is -2.00. The molecule has 86 valence electrons. The molecule has 0 unspecified atom stereocenters. The van der Waals surface area contributed by atoms with Crippen LogP contribution in [0.1, 0.15) is 11.1 Å². The summed E-state index contributed by atoms with van der Waals surface area (Å²) < 4.78 is 12.6. The molecule has 2 rings (SSSR count). The fraction of sp³-hybridized carbons (Fsp3) is 0.0769. The summed E-state index contributed by atoms with van der Waals surface area (Å²) in [4.78, 5) is 0. The van der Waals surface area contributed by atoms with Gasteiger partial charge in [0.25, 0.3) is 0 Å². The number of hydrogen-bond donors (Lipinski definition) is 0. The van der Waals surface area contributed by atoms with Crippen molar-refractivity contribution in [3.8, 4) is 0 Å². The van der Waals surface area contributed by atoms with Crippen molar-refractivity contribution in [1.82, 2.24) is 0 Å². The first-order valence-electron chi connectivity index (χ1n) is 4.63. The van der Waals surface area contributed by atoms with Gasteiger partial charge in [0.05, 0.1) is 0 Å². The van der Waals surface area contributed by atoms with Gasteiger partial charge < -0.3 is 0 Å². The molecule has 0 heterocycles. The van der Waals surface area contributed by atoms with Crippen molar-refractivity contribution in [1.29, 1.82) is 0 Å². The van der Waals surface area contributed by atoms with E-state index in [4.69, 9.17) is 0 Å². The molecule has 2 aromatic carbocycles. The highest BCUT2D eigenvalue weighted by Gasteiger charge is 1.95. The number of halogens is 3. The molecule has 0 saturated carbocycles. The zero-order valence-corrected chi connectivity index (χ0v) is 10.2. The van der Waals surface area contributed by atoms with Gasteiger partial charge in [-0.25, -0.2) is 4.39 Å². The van der Waals surface area contributed by atoms with E-state index in [1.807, 2.05) is 30.3 Å². The van der Waals surface area contributed by atoms with E-state index in [-0.39, 0.29) is 30.6 Å². The van der Waals surface area contributed by atoms with Crippen LogP contribution in [0.2, 0.25) is 0 Å². The Morgan fingerprint density at radius 1 is 0.688 bits per heavy atom. The van der Waals surface area contributed by atoms with Gasteiger partial charge in [-0.1, -0.05) is 42.5 Å². The monoisotopic (exact) mass is 258 g/mol. The third kappa shape index (κ3) is 4.21. The summed E-state index contributed by atoms with van der Waals surface area (Å²) in [6, 6.07) is 16.8. The van der Waals surface area contributed by atoms with Crippen LogP contribution in [0.5, 0.6) is 0 Å². The van der Waals surface area contributed by atoms with Gasteiger partial charge in [0.15, 0.2) is 0 Å². The minimum Gasteiger partial charge on any atom is -0.207 e. The van der Waals surface area contributed by atoms with Crippen LogP contribution >= 0.6 is 24.8 Å². The van der Waals surface area contributed by atoms with Crippen molar-refractivity contribution in [2.24, 2.45) is 0 Å². The van der Waals surface area contributed by atoms with E-state index in [2.05, 4.69) is 12.1 Å². The summed E-state index contributed by atoms with van der Waals surface area (Å²) >= 11 is 0. The highest BCUT2D eigenvalue weighted by Crippen LogP contribution is 2.09. The Labute approximate surface area is 107 Å². The lowest BCUT2D eigenvalue weighted by atomic mass is 10.1. The Morgan fingerprint density at radius 3 is 1.75 bits per heavy atom. The average Bonchev–Trinajstić information content (AvgIpc) is 2.23. The van der Waals surface area contributed by atoms with E-state index in [9.17, 15) is 4.39 Å². The lowest BCUT2D eigenvalue weighted by Crippen LogP contribution is -1.87. The van der Waals surface area contributed by atoms with Gasteiger partial charge in [0, 0.05) is 0 Å². The number of hydrogen-bond acceptors (Lipinski definition) is 0. The van der Waals surface area contributed by atoms with Gasteiger partial charge in [-0.15, -0.1) is 24.8 Å². The third-order valence-corrected chi connectivity index (χ3v) is 2.16. The smallest absolute Gasteiger partial charge is 0.123 e. The molecular formula is C13H13Cl2F. The quantitative estimate of drug-likeness (QED) is 0.755. The Balaban J connectivity index is 0.00000112. The molecule has 3 heteroatoms. The van der Waals surface area contributed by atoms with Crippen molar-refractivity contribution in [2.75, 3.05) is 0 Å². The second-order valence-corrected chi connectivity index (χ2v) is 3.29. The molecule has 0 aliphatic rings. The lowest BCUT2D eigenvalue weighted by molar-refractivity contribution is 0.627. The molecule has 0 bridgehead atoms. The zero-order chi connectivity index (χ0) is 9.80. The topological polar surface area (TPSA) is 0 Å². The van der Waals surface area contributed by atoms with Crippen LogP contribution in [0.15, 0.2) is 54.6 Å². The molecule has 0 fully saturated rings. The van der Waals surface area contributed by atoms with E-state index in [1.54, 1.807) is 0 Å². The molecule has 0 atom stereocenters. The zero-order valence-electron chi connectivity index (χ0n) is 8.60. The summed E-state index contributed by atoms with van der Waals surface area (Å²) in [6.45, 7) is 0. The molecule has 0 radical (unpaired) electrons. The first kappa shape index (κ1) is 14.9. The maximum absolute atomic E-state index is 12.6. The molecule has 0 nitrogen and oxygen atoms in total. The molecule has 2 aromatic rings. The SMILES string of the molecule is Cl.Cl.Fc1ccc(Cc2ccccc2)cc1. The van der Waals surface area contributed by atoms with Crippen molar-refractivity contribution in [3.63, 3.8) is 0 Å². The van der Waals surface area contributed by atoms with E-state index in [1.165, 1.54) is 17.7 Å². The van der Waals surface area contributed by atoms with Gasteiger partial charge in [0.2, 0.25) is 0 Å². The second-order valence-electron chi connectivity index (χ2n) is 3.29. The van der Waals surface area contributed by atoms with Gasteiger partial charge in [-0.3, -0.25) is 0 Å². The number of rotatable bonds is 2. The van der Waals surface area contributed by atoms with Gasteiger partial charge in [0.1, 0.15) is 5.82 Å². The molecule has 0 aliphatic heterocycles. The van der Waals surface area contributed by atoms with Crippen LogP contribution in [-0.4, -0.2) is 0 Å². The first-order chi connectivity index (χ1) is 6.84. The van der Waals surface area contributed by atoms with Crippen LogP contribution in [-0.2, 0) is 6.42 Å². The maximum atomic E-state index is 12.6. The third-order valence-electron chi connectivity index (χ3n) is 2.16. The van der Waals surface area contributed by atoms with Crippen LogP contribution in [0.25, 0.3) is 0 Å². The minimum absolute atomic E-state index is 0. The van der Waals surface area contributed by atoms with Crippen molar-refractivity contribution >= 4 is 24.8 Å². The molecule has 0 spiro atoms. The molecule has 0 saturated heterocycles. The summed E-state index contributed by atoms with van der Waals surface area (Å²) in [7, 11) is 0. The summed E-state index contributed by atoms with van der Waals surface area (Å²) in [6.07, 6.45) is 0.862. The molecular weight excluding hydrogens is 246 g/mol. The largest absolute Gasteiger partial charge is 0.207 e. The van der Waals surface area contributed by atoms with Crippen LogP contribution in [0, 0.1) is 5.82 Å². The first-order valence-corrected chi connectivity index (χ1v) is 4.63. The van der Waals surface area contributed by atoms with E-state index < -0.39 is 0 Å². The Morgan fingerprint density at radius 2 is 1.19 bits per heavy atom. The van der Waals surface area contributed by atoms with Crippen LogP contribution < -0.4 is 0 Å². The van der Waals surface area contributed by atoms with E-state index in [0.29, 0.717) is 0 Å². The molecule has 0 aromatic heterocycles. The standard InChI is InChI=1S/C13H11F.2ClH/c14-13-8-6-12(7-9-13)10-11-4-2-1-3-5-11;;/h1-9H,10H2;2*1H. The Bertz CT molecular complexity index is 398. The Hall–Kier alpha value is -1.05. The highest BCUT2D eigenvalue weighted by atomic mass is 35.5. The van der Waals surface area contributed by atoms with E-state index in [0.717, 1.165) is 12.0 Å². The Kier molecular flexibility index (Phi) is 6.78. The van der Waals surface area contributed by atoms with E-state index >= 15 is 0 Å². The van der Waals surface area contributed by atoms with Crippen molar-refractivity contribution in [3.05, 3.63) is 71.5 Å². The average molecular weight is 259 g/mol. The highest BCUT2D eigenvalue weighted by molar-refractivity contribution is 5.85. The minimum atomic E-state index is -0.179. The fourth-order valence-corrected chi connectivity index (χ4v) is 1.43. The predicted octanol–water partition coefficient (Wildman–Crippen LogP) is 4.26. The van der Waals surface area contributed by atoms with Crippen LogP contribution in [0.4, 0.5) is 4.39 Å². The maximum Gasteiger partial charge on any atom is 0.123 e. The number of benzene rings is 2.